The van der Waals surface area contributed by atoms with Crippen LogP contribution in [0.25, 0.3) is 0 Å². The van der Waals surface area contributed by atoms with Gasteiger partial charge in [-0.1, -0.05) is 0 Å². The zero-order valence-electron chi connectivity index (χ0n) is 10.9. The molecule has 0 unspecified atom stereocenters. The monoisotopic (exact) mass is 553 g/mol. The average Bonchev–Trinajstić information content (AvgIpc) is 2.65. The molecule has 94 valence electrons. The summed E-state index contributed by atoms with van der Waals surface area (Å²) >= 11 is -0.452. The quantitative estimate of drug-likeness (QED) is 0.315. The molecule has 0 saturated heterocycles. The van der Waals surface area contributed by atoms with Crippen molar-refractivity contribution in [3.8, 4) is 0 Å². The molecule has 0 bridgehead atoms. The van der Waals surface area contributed by atoms with E-state index in [1.54, 1.807) is 0 Å². The summed E-state index contributed by atoms with van der Waals surface area (Å²) in [4.78, 5) is 0. The van der Waals surface area contributed by atoms with E-state index in [0.29, 0.717) is 0 Å². The Kier molecular flexibility index (Phi) is 3.98. The molecule has 0 aliphatic carbocycles. The van der Waals surface area contributed by atoms with Crippen molar-refractivity contribution >= 4 is 62.2 Å². The summed E-state index contributed by atoms with van der Waals surface area (Å²) in [5.74, 6) is 0. The van der Waals surface area contributed by atoms with Gasteiger partial charge in [-0.25, -0.2) is 0 Å². The van der Waals surface area contributed by atoms with Crippen LogP contribution in [-0.4, -0.2) is 34.3 Å². The summed E-state index contributed by atoms with van der Waals surface area (Å²) in [6.07, 6.45) is 0. The Bertz CT molecular complexity index is 714. The van der Waals surface area contributed by atoms with Crippen LogP contribution < -0.4 is 6.24 Å². The van der Waals surface area contributed by atoms with Gasteiger partial charge in [0.2, 0.25) is 0 Å². The van der Waals surface area contributed by atoms with Crippen molar-refractivity contribution in [2.75, 3.05) is 3.11 Å². The van der Waals surface area contributed by atoms with Crippen molar-refractivity contribution in [3.05, 3.63) is 59.2 Å². The van der Waals surface area contributed by atoms with Crippen LogP contribution in [0.2, 0.25) is 0 Å². The second-order valence-corrected chi connectivity index (χ2v) is 11.3. The molecule has 19 heavy (non-hydrogen) atoms. The van der Waals surface area contributed by atoms with E-state index < -0.39 is 19.1 Å². The summed E-state index contributed by atoms with van der Waals surface area (Å²) in [5.41, 5.74) is 5.53. The molecule has 1 aliphatic rings. The SMILES string of the molecule is C=I1=Cc2cc(C)ccc2N1Cc1ccc[c]([Tl])c1. The predicted molar refractivity (Wildman–Crippen MR) is 95.5 cm³/mol. The Morgan fingerprint density at radius 3 is 2.84 bits per heavy atom. The molecule has 1 nitrogen and oxygen atoms in total. The predicted octanol–water partition coefficient (Wildman–Crippen LogP) is 2.81. The second kappa shape index (κ2) is 5.55. The van der Waals surface area contributed by atoms with Crippen LogP contribution in [0.5, 0.6) is 0 Å². The topological polar surface area (TPSA) is 3.24 Å². The molecule has 0 saturated carbocycles. The first-order chi connectivity index (χ1) is 9.13. The van der Waals surface area contributed by atoms with Gasteiger partial charge in [-0.2, -0.15) is 0 Å². The van der Waals surface area contributed by atoms with Crippen LogP contribution in [0.4, 0.5) is 5.69 Å². The van der Waals surface area contributed by atoms with Gasteiger partial charge >= 0.3 is 138 Å². The van der Waals surface area contributed by atoms with E-state index in [-0.39, 0.29) is 0 Å². The molecule has 0 radical (unpaired) electrons. The average molecular weight is 553 g/mol. The van der Waals surface area contributed by atoms with Crippen molar-refractivity contribution in [2.24, 2.45) is 0 Å². The molecule has 3 heteroatoms. The molecular formula is C16H15INTl. The maximum absolute atomic E-state index is 4.42. The first kappa shape index (κ1) is 13.6. The Morgan fingerprint density at radius 2 is 2.05 bits per heavy atom. The standard InChI is InChI=1S/C16H15IN.Tl/c1-13-8-9-16-15(10-13)11-17(2)18(16)12-14-6-4-3-5-7-14;/h3-4,6-11H,2,12H2,1H3;. The first-order valence-electron chi connectivity index (χ1n) is 6.18. The van der Waals surface area contributed by atoms with E-state index in [4.69, 9.17) is 0 Å². The molecule has 0 amide bonds. The fourth-order valence-electron chi connectivity index (χ4n) is 2.31. The number of benzene rings is 2. The fourth-order valence-corrected chi connectivity index (χ4v) is 7.12. The van der Waals surface area contributed by atoms with Gasteiger partial charge in [-0.05, 0) is 0 Å². The van der Waals surface area contributed by atoms with E-state index in [2.05, 4.69) is 61.0 Å². The van der Waals surface area contributed by atoms with Gasteiger partial charge in [0, 0.05) is 0 Å². The van der Waals surface area contributed by atoms with Gasteiger partial charge in [0.15, 0.2) is 0 Å². The number of halogens is 1. The summed E-state index contributed by atoms with van der Waals surface area (Å²) in [6.45, 7) is 3.17. The summed E-state index contributed by atoms with van der Waals surface area (Å²) < 4.78 is 10.9. The van der Waals surface area contributed by atoms with E-state index in [0.717, 1.165) is 32.3 Å². The number of anilines is 1. The van der Waals surface area contributed by atoms with Crippen LogP contribution in [0.1, 0.15) is 16.7 Å². The number of fused-ring (bicyclic) bond motifs is 1. The third kappa shape index (κ3) is 2.89. The summed E-state index contributed by atoms with van der Waals surface area (Å²) in [5, 5.41) is 0. The minimum absolute atomic E-state index is 0.916. The van der Waals surface area contributed by atoms with E-state index in [1.165, 1.54) is 25.5 Å². The Hall–Kier alpha value is -0.368. The third-order valence-electron chi connectivity index (χ3n) is 3.22. The molecule has 0 fully saturated rings. The van der Waals surface area contributed by atoms with Crippen molar-refractivity contribution in [1.82, 2.24) is 0 Å². The fraction of sp³-hybridized carbons (Fsp3) is 0.125. The normalized spacial score (nSPS) is 14.2. The van der Waals surface area contributed by atoms with Gasteiger partial charge in [-0.3, -0.25) is 0 Å². The van der Waals surface area contributed by atoms with Crippen LogP contribution in [-0.2, 0) is 6.54 Å². The molecule has 2 aromatic carbocycles. The molecule has 2 aromatic rings. The van der Waals surface area contributed by atoms with Crippen LogP contribution >= 0.6 is 19.1 Å². The van der Waals surface area contributed by atoms with E-state index in [9.17, 15) is 0 Å². The van der Waals surface area contributed by atoms with Gasteiger partial charge < -0.3 is 0 Å². The van der Waals surface area contributed by atoms with Crippen LogP contribution in [0, 0.1) is 6.92 Å². The van der Waals surface area contributed by atoms with Gasteiger partial charge in [0.1, 0.15) is 0 Å². The summed E-state index contributed by atoms with van der Waals surface area (Å²) in [6, 6.07) is 15.7. The second-order valence-electron chi connectivity index (χ2n) is 4.81. The van der Waals surface area contributed by atoms with E-state index >= 15 is 0 Å². The molecule has 3 rings (SSSR count). The maximum atomic E-state index is 4.42. The number of aryl methyl sites for hydroxylation is 1. The summed E-state index contributed by atoms with van der Waals surface area (Å²) in [7, 11) is 0. The van der Waals surface area contributed by atoms with Crippen molar-refractivity contribution in [2.45, 2.75) is 13.5 Å². The minimum atomic E-state index is -1.37. The van der Waals surface area contributed by atoms with Crippen molar-refractivity contribution < 1.29 is 0 Å². The first-order valence-corrected chi connectivity index (χ1v) is 12.2. The number of rotatable bonds is 2. The van der Waals surface area contributed by atoms with Crippen LogP contribution in [0.3, 0.4) is 0 Å². The number of hydrogen-bond acceptors (Lipinski definition) is 1. The number of hydrogen-bond donors (Lipinski definition) is 0. The van der Waals surface area contributed by atoms with Gasteiger partial charge in [0.05, 0.1) is 0 Å². The zero-order chi connectivity index (χ0) is 13.4. The van der Waals surface area contributed by atoms with Crippen molar-refractivity contribution in [1.29, 1.82) is 0 Å². The van der Waals surface area contributed by atoms with Gasteiger partial charge in [-0.15, -0.1) is 0 Å². The van der Waals surface area contributed by atoms with Crippen molar-refractivity contribution in [3.63, 3.8) is 0 Å². The molecule has 0 aromatic heterocycles. The van der Waals surface area contributed by atoms with Crippen LogP contribution in [0.15, 0.2) is 42.5 Å². The molecule has 1 aliphatic heterocycles. The molecular weight excluding hydrogens is 537 g/mol. The Labute approximate surface area is 137 Å². The number of nitrogens with zero attached hydrogens (tertiary/aromatic N) is 1. The molecule has 0 spiro atoms. The molecule has 0 N–H and O–H groups in total. The Balaban J connectivity index is 1.96. The Morgan fingerprint density at radius 1 is 1.21 bits per heavy atom. The zero-order valence-corrected chi connectivity index (χ0v) is 17.6. The van der Waals surface area contributed by atoms with E-state index in [1.807, 2.05) is 0 Å². The molecule has 0 atom stereocenters. The van der Waals surface area contributed by atoms with Gasteiger partial charge in [0.25, 0.3) is 0 Å². The third-order valence-corrected chi connectivity index (χ3v) is 8.37. The molecule has 1 heterocycles.